The minimum absolute atomic E-state index is 0.456. The Balaban J connectivity index is 2.06. The van der Waals surface area contributed by atoms with Crippen LogP contribution < -0.4 is 5.32 Å². The Kier molecular flexibility index (Phi) is 3.47. The van der Waals surface area contributed by atoms with Crippen LogP contribution in [0.5, 0.6) is 0 Å². The van der Waals surface area contributed by atoms with E-state index in [4.69, 9.17) is 0 Å². The highest BCUT2D eigenvalue weighted by Gasteiger charge is 2.16. The van der Waals surface area contributed by atoms with Crippen LogP contribution in [0.3, 0.4) is 0 Å². The molecule has 0 bridgehead atoms. The number of hydrogen-bond donors (Lipinski definition) is 2. The number of hydrogen-bond acceptors (Lipinski definition) is 3. The van der Waals surface area contributed by atoms with Crippen molar-refractivity contribution in [2.75, 3.05) is 5.32 Å². The molecular weight excluding hydrogens is 216 g/mol. The summed E-state index contributed by atoms with van der Waals surface area (Å²) >= 11 is 0. The van der Waals surface area contributed by atoms with Crippen LogP contribution in [0.4, 0.5) is 5.69 Å². The lowest BCUT2D eigenvalue weighted by Crippen LogP contribution is -2.20. The predicted molar refractivity (Wildman–Crippen MR) is 64.3 cm³/mol. The van der Waals surface area contributed by atoms with Gasteiger partial charge in [-0.3, -0.25) is 9.78 Å². The molecule has 1 aromatic heterocycles. The summed E-state index contributed by atoms with van der Waals surface area (Å²) in [5.74, 6) is -0.456. The summed E-state index contributed by atoms with van der Waals surface area (Å²) in [5.41, 5.74) is 1.18. The molecule has 0 spiro atoms. The van der Waals surface area contributed by atoms with Crippen molar-refractivity contribution in [2.45, 2.75) is 6.10 Å². The summed E-state index contributed by atoms with van der Waals surface area (Å²) in [6.07, 6.45) is 1.99. The van der Waals surface area contributed by atoms with E-state index in [-0.39, 0.29) is 0 Å². The van der Waals surface area contributed by atoms with Gasteiger partial charge in [-0.1, -0.05) is 30.3 Å². The van der Waals surface area contributed by atoms with Crippen molar-refractivity contribution in [2.24, 2.45) is 0 Å². The van der Waals surface area contributed by atoms with Gasteiger partial charge < -0.3 is 10.4 Å². The molecule has 1 amide bonds. The molecule has 1 atom stereocenters. The Bertz CT molecular complexity index is 485. The number of pyridine rings is 1. The van der Waals surface area contributed by atoms with E-state index in [0.29, 0.717) is 11.3 Å². The van der Waals surface area contributed by atoms with Gasteiger partial charge in [0.2, 0.25) is 0 Å². The Morgan fingerprint density at radius 2 is 1.76 bits per heavy atom. The molecule has 0 aliphatic carbocycles. The Hall–Kier alpha value is -2.20. The molecule has 0 radical (unpaired) electrons. The second-order valence-electron chi connectivity index (χ2n) is 3.54. The minimum Gasteiger partial charge on any atom is -0.378 e. The highest BCUT2D eigenvalue weighted by Crippen LogP contribution is 2.14. The number of aliphatic hydroxyl groups excluding tert-OH is 1. The van der Waals surface area contributed by atoms with Gasteiger partial charge in [0.1, 0.15) is 0 Å². The molecule has 1 heterocycles. The summed E-state index contributed by atoms with van der Waals surface area (Å²) in [6, 6.07) is 12.1. The molecule has 2 rings (SSSR count). The van der Waals surface area contributed by atoms with Gasteiger partial charge in [0.25, 0.3) is 5.91 Å². The molecule has 2 aromatic rings. The highest BCUT2D eigenvalue weighted by molar-refractivity contribution is 5.94. The molecule has 1 aromatic carbocycles. The SMILES string of the molecule is O=C(Nc1ccncc1)[C@H](O)c1ccccc1. The number of carbonyl (C=O) groups is 1. The van der Waals surface area contributed by atoms with Gasteiger partial charge >= 0.3 is 0 Å². The summed E-state index contributed by atoms with van der Waals surface area (Å²) < 4.78 is 0. The Labute approximate surface area is 98.9 Å². The fraction of sp³-hybridized carbons (Fsp3) is 0.0769. The molecule has 0 saturated carbocycles. The first-order chi connectivity index (χ1) is 8.27. The quantitative estimate of drug-likeness (QED) is 0.841. The number of aliphatic hydroxyl groups is 1. The highest BCUT2D eigenvalue weighted by atomic mass is 16.3. The van der Waals surface area contributed by atoms with Crippen molar-refractivity contribution in [1.29, 1.82) is 0 Å². The van der Waals surface area contributed by atoms with Crippen LogP contribution in [0.2, 0.25) is 0 Å². The van der Waals surface area contributed by atoms with E-state index < -0.39 is 12.0 Å². The van der Waals surface area contributed by atoms with E-state index in [9.17, 15) is 9.90 Å². The van der Waals surface area contributed by atoms with E-state index in [0.717, 1.165) is 0 Å². The number of benzene rings is 1. The monoisotopic (exact) mass is 228 g/mol. The molecule has 4 nitrogen and oxygen atoms in total. The number of carbonyl (C=O) groups excluding carboxylic acids is 1. The maximum Gasteiger partial charge on any atom is 0.257 e. The molecule has 0 saturated heterocycles. The van der Waals surface area contributed by atoms with Gasteiger partial charge in [0.15, 0.2) is 6.10 Å². The van der Waals surface area contributed by atoms with E-state index in [2.05, 4.69) is 10.3 Å². The Morgan fingerprint density at radius 1 is 1.12 bits per heavy atom. The minimum atomic E-state index is -1.16. The lowest BCUT2D eigenvalue weighted by atomic mass is 10.1. The van der Waals surface area contributed by atoms with Crippen molar-refractivity contribution in [3.63, 3.8) is 0 Å². The maximum absolute atomic E-state index is 11.7. The van der Waals surface area contributed by atoms with E-state index >= 15 is 0 Å². The molecule has 0 unspecified atom stereocenters. The van der Waals surface area contributed by atoms with Gasteiger partial charge in [-0.2, -0.15) is 0 Å². The topological polar surface area (TPSA) is 62.2 Å². The lowest BCUT2D eigenvalue weighted by Gasteiger charge is -2.11. The largest absolute Gasteiger partial charge is 0.378 e. The molecule has 0 aliphatic rings. The smallest absolute Gasteiger partial charge is 0.257 e. The number of anilines is 1. The van der Waals surface area contributed by atoms with Crippen molar-refractivity contribution in [1.82, 2.24) is 4.98 Å². The first-order valence-corrected chi connectivity index (χ1v) is 5.21. The van der Waals surface area contributed by atoms with Crippen LogP contribution >= 0.6 is 0 Å². The summed E-state index contributed by atoms with van der Waals surface area (Å²) in [6.45, 7) is 0. The molecule has 17 heavy (non-hydrogen) atoms. The van der Waals surface area contributed by atoms with Gasteiger partial charge in [0.05, 0.1) is 0 Å². The second kappa shape index (κ2) is 5.23. The normalized spacial score (nSPS) is 11.8. The maximum atomic E-state index is 11.7. The summed E-state index contributed by atoms with van der Waals surface area (Å²) in [5, 5.41) is 12.4. The van der Waals surface area contributed by atoms with Crippen LogP contribution in [0.1, 0.15) is 11.7 Å². The second-order valence-corrected chi connectivity index (χ2v) is 3.54. The van der Waals surface area contributed by atoms with Gasteiger partial charge in [-0.25, -0.2) is 0 Å². The fourth-order valence-corrected chi connectivity index (χ4v) is 1.43. The molecule has 0 aliphatic heterocycles. The first kappa shape index (κ1) is 11.3. The third kappa shape index (κ3) is 2.89. The average molecular weight is 228 g/mol. The van der Waals surface area contributed by atoms with Gasteiger partial charge in [0, 0.05) is 18.1 Å². The van der Waals surface area contributed by atoms with Crippen LogP contribution in [0.25, 0.3) is 0 Å². The molecule has 4 heteroatoms. The number of rotatable bonds is 3. The van der Waals surface area contributed by atoms with Gasteiger partial charge in [-0.15, -0.1) is 0 Å². The number of nitrogens with zero attached hydrogens (tertiary/aromatic N) is 1. The van der Waals surface area contributed by atoms with E-state index in [1.54, 1.807) is 48.8 Å². The third-order valence-corrected chi connectivity index (χ3v) is 2.31. The summed E-state index contributed by atoms with van der Waals surface area (Å²) in [4.78, 5) is 15.6. The summed E-state index contributed by atoms with van der Waals surface area (Å²) in [7, 11) is 0. The van der Waals surface area contributed by atoms with Crippen molar-refractivity contribution >= 4 is 11.6 Å². The Morgan fingerprint density at radius 3 is 2.41 bits per heavy atom. The number of nitrogens with one attached hydrogen (secondary N) is 1. The third-order valence-electron chi connectivity index (χ3n) is 2.31. The molecular formula is C13H12N2O2. The lowest BCUT2D eigenvalue weighted by molar-refractivity contribution is -0.124. The zero-order valence-electron chi connectivity index (χ0n) is 9.08. The number of amides is 1. The fourth-order valence-electron chi connectivity index (χ4n) is 1.43. The molecule has 2 N–H and O–H groups in total. The molecule has 0 fully saturated rings. The van der Waals surface area contributed by atoms with Crippen LogP contribution in [0, 0.1) is 0 Å². The van der Waals surface area contributed by atoms with Crippen molar-refractivity contribution in [3.8, 4) is 0 Å². The average Bonchev–Trinajstić information content (AvgIpc) is 2.40. The van der Waals surface area contributed by atoms with Crippen molar-refractivity contribution in [3.05, 3.63) is 60.4 Å². The first-order valence-electron chi connectivity index (χ1n) is 5.21. The van der Waals surface area contributed by atoms with Gasteiger partial charge in [-0.05, 0) is 17.7 Å². The van der Waals surface area contributed by atoms with Crippen LogP contribution in [-0.4, -0.2) is 16.0 Å². The van der Waals surface area contributed by atoms with E-state index in [1.807, 2.05) is 6.07 Å². The van der Waals surface area contributed by atoms with Crippen molar-refractivity contribution < 1.29 is 9.90 Å². The van der Waals surface area contributed by atoms with Crippen LogP contribution in [-0.2, 0) is 4.79 Å². The number of aromatic nitrogens is 1. The zero-order chi connectivity index (χ0) is 12.1. The zero-order valence-corrected chi connectivity index (χ0v) is 9.08. The predicted octanol–water partition coefficient (Wildman–Crippen LogP) is 1.75. The standard InChI is InChI=1S/C13H12N2O2/c16-12(10-4-2-1-3-5-10)13(17)15-11-6-8-14-9-7-11/h1-9,12,16H,(H,14,15,17)/t12-/m1/s1. The van der Waals surface area contributed by atoms with E-state index in [1.165, 1.54) is 0 Å². The molecule has 86 valence electrons. The van der Waals surface area contributed by atoms with Crippen LogP contribution in [0.15, 0.2) is 54.9 Å².